The van der Waals surface area contributed by atoms with Gasteiger partial charge in [-0.15, -0.1) is 0 Å². The Labute approximate surface area is 161 Å². The highest BCUT2D eigenvalue weighted by atomic mass is 19.4. The number of hydrogen-bond donors (Lipinski definition) is 1. The summed E-state index contributed by atoms with van der Waals surface area (Å²) in [6.07, 6.45) is -1.21. The van der Waals surface area contributed by atoms with Gasteiger partial charge in [-0.3, -0.25) is 9.59 Å². The molecule has 7 heteroatoms. The van der Waals surface area contributed by atoms with Gasteiger partial charge in [0.05, 0.1) is 5.56 Å². The van der Waals surface area contributed by atoms with E-state index < -0.39 is 17.6 Å². The molecule has 2 amide bonds. The predicted molar refractivity (Wildman–Crippen MR) is 100.0 cm³/mol. The first-order valence-electron chi connectivity index (χ1n) is 9.18. The van der Waals surface area contributed by atoms with Gasteiger partial charge >= 0.3 is 6.18 Å². The molecule has 0 spiro atoms. The molecular weight excluding hydrogens is 369 g/mol. The number of benzene rings is 2. The van der Waals surface area contributed by atoms with E-state index in [1.54, 1.807) is 12.1 Å². The minimum atomic E-state index is -4.43. The number of nitrogens with one attached hydrogen (secondary N) is 1. The second kappa shape index (κ2) is 8.46. The Hall–Kier alpha value is -2.83. The molecule has 0 aromatic heterocycles. The molecular formula is C21H21F3N2O2. The fourth-order valence-electron chi connectivity index (χ4n) is 3.14. The second-order valence-corrected chi connectivity index (χ2v) is 6.81. The predicted octanol–water partition coefficient (Wildman–Crippen LogP) is 4.51. The lowest BCUT2D eigenvalue weighted by molar-refractivity contribution is -0.137. The summed E-state index contributed by atoms with van der Waals surface area (Å²) in [5.41, 5.74) is 0.879. The average Bonchev–Trinajstić information content (AvgIpc) is 3.21. The van der Waals surface area contributed by atoms with Gasteiger partial charge in [0.25, 0.3) is 5.91 Å². The number of nitrogens with zero attached hydrogens (tertiary/aromatic N) is 1. The van der Waals surface area contributed by atoms with Crippen molar-refractivity contribution in [2.45, 2.75) is 31.9 Å². The molecule has 1 N–H and O–H groups in total. The first-order valence-corrected chi connectivity index (χ1v) is 9.18. The van der Waals surface area contributed by atoms with Gasteiger partial charge in [0.15, 0.2) is 0 Å². The second-order valence-electron chi connectivity index (χ2n) is 6.81. The molecule has 2 aromatic rings. The lowest BCUT2D eigenvalue weighted by Gasteiger charge is -2.15. The van der Waals surface area contributed by atoms with Crippen LogP contribution in [0.25, 0.3) is 0 Å². The SMILES string of the molecule is O=C(Nc1ccc(CCC(=O)N2CCCC2)cc1)c1ccc(C(F)(F)F)cc1. The maximum absolute atomic E-state index is 12.6. The highest BCUT2D eigenvalue weighted by Crippen LogP contribution is 2.29. The average molecular weight is 390 g/mol. The summed E-state index contributed by atoms with van der Waals surface area (Å²) < 4.78 is 37.7. The quantitative estimate of drug-likeness (QED) is 0.817. The number of halogens is 3. The van der Waals surface area contributed by atoms with Crippen LogP contribution >= 0.6 is 0 Å². The topological polar surface area (TPSA) is 49.4 Å². The number of alkyl halides is 3. The molecule has 4 nitrogen and oxygen atoms in total. The smallest absolute Gasteiger partial charge is 0.343 e. The minimum Gasteiger partial charge on any atom is -0.343 e. The molecule has 1 saturated heterocycles. The van der Waals surface area contributed by atoms with Gasteiger partial charge in [0, 0.05) is 30.8 Å². The van der Waals surface area contributed by atoms with Crippen LogP contribution < -0.4 is 5.32 Å². The largest absolute Gasteiger partial charge is 0.416 e. The first kappa shape index (κ1) is 19.9. The Morgan fingerprint density at radius 3 is 2.11 bits per heavy atom. The zero-order valence-electron chi connectivity index (χ0n) is 15.3. The van der Waals surface area contributed by atoms with Crippen molar-refractivity contribution in [3.8, 4) is 0 Å². The molecule has 1 aliphatic heterocycles. The third-order valence-electron chi connectivity index (χ3n) is 4.77. The van der Waals surface area contributed by atoms with E-state index in [9.17, 15) is 22.8 Å². The lowest BCUT2D eigenvalue weighted by Crippen LogP contribution is -2.27. The molecule has 0 saturated carbocycles. The van der Waals surface area contributed by atoms with Gasteiger partial charge in [-0.1, -0.05) is 12.1 Å². The summed E-state index contributed by atoms with van der Waals surface area (Å²) >= 11 is 0. The van der Waals surface area contributed by atoms with Gasteiger partial charge in [-0.25, -0.2) is 0 Å². The Kier molecular flexibility index (Phi) is 6.02. The molecule has 0 unspecified atom stereocenters. The summed E-state index contributed by atoms with van der Waals surface area (Å²) in [7, 11) is 0. The molecule has 1 fully saturated rings. The Balaban J connectivity index is 1.53. The molecule has 0 radical (unpaired) electrons. The molecule has 28 heavy (non-hydrogen) atoms. The molecule has 0 aliphatic carbocycles. The van der Waals surface area contributed by atoms with Crippen molar-refractivity contribution >= 4 is 17.5 Å². The highest BCUT2D eigenvalue weighted by molar-refractivity contribution is 6.04. The monoisotopic (exact) mass is 390 g/mol. The van der Waals surface area contributed by atoms with E-state index in [4.69, 9.17) is 0 Å². The Bertz CT molecular complexity index is 824. The lowest BCUT2D eigenvalue weighted by atomic mass is 10.1. The van der Waals surface area contributed by atoms with Crippen LogP contribution in [0.3, 0.4) is 0 Å². The van der Waals surface area contributed by atoms with Crippen LogP contribution in [0.15, 0.2) is 48.5 Å². The van der Waals surface area contributed by atoms with Crippen molar-refractivity contribution in [2.24, 2.45) is 0 Å². The number of hydrogen-bond acceptors (Lipinski definition) is 2. The Morgan fingerprint density at radius 1 is 0.929 bits per heavy atom. The van der Waals surface area contributed by atoms with E-state index in [0.717, 1.165) is 55.8 Å². The van der Waals surface area contributed by atoms with Crippen molar-refractivity contribution in [1.29, 1.82) is 0 Å². The zero-order valence-corrected chi connectivity index (χ0v) is 15.3. The summed E-state index contributed by atoms with van der Waals surface area (Å²) in [6.45, 7) is 1.68. The Morgan fingerprint density at radius 2 is 1.54 bits per heavy atom. The van der Waals surface area contributed by atoms with E-state index in [0.29, 0.717) is 18.5 Å². The number of rotatable bonds is 5. The summed E-state index contributed by atoms with van der Waals surface area (Å²) in [6, 6.07) is 11.2. The third kappa shape index (κ3) is 5.12. The maximum atomic E-state index is 12.6. The van der Waals surface area contributed by atoms with E-state index in [1.165, 1.54) is 0 Å². The van der Waals surface area contributed by atoms with Crippen LogP contribution in [-0.4, -0.2) is 29.8 Å². The molecule has 3 rings (SSSR count). The van der Waals surface area contributed by atoms with Crippen molar-refractivity contribution < 1.29 is 22.8 Å². The molecule has 2 aromatic carbocycles. The van der Waals surface area contributed by atoms with Crippen molar-refractivity contribution in [3.05, 3.63) is 65.2 Å². The van der Waals surface area contributed by atoms with Crippen molar-refractivity contribution in [3.63, 3.8) is 0 Å². The summed E-state index contributed by atoms with van der Waals surface area (Å²) in [5.74, 6) is -0.317. The van der Waals surface area contributed by atoms with E-state index in [2.05, 4.69) is 5.32 Å². The number of amides is 2. The zero-order chi connectivity index (χ0) is 20.1. The van der Waals surface area contributed by atoms with Gasteiger partial charge in [0.1, 0.15) is 0 Å². The van der Waals surface area contributed by atoms with Crippen LogP contribution in [0.1, 0.15) is 40.7 Å². The highest BCUT2D eigenvalue weighted by Gasteiger charge is 2.30. The number of carbonyl (C=O) groups excluding carboxylic acids is 2. The van der Waals surface area contributed by atoms with Crippen molar-refractivity contribution in [1.82, 2.24) is 4.90 Å². The van der Waals surface area contributed by atoms with Gasteiger partial charge < -0.3 is 10.2 Å². The van der Waals surface area contributed by atoms with Crippen molar-refractivity contribution in [2.75, 3.05) is 18.4 Å². The van der Waals surface area contributed by atoms with Gasteiger partial charge in [-0.2, -0.15) is 13.2 Å². The third-order valence-corrected chi connectivity index (χ3v) is 4.77. The van der Waals surface area contributed by atoms with Gasteiger partial charge in [0.2, 0.25) is 5.91 Å². The maximum Gasteiger partial charge on any atom is 0.416 e. The fourth-order valence-corrected chi connectivity index (χ4v) is 3.14. The minimum absolute atomic E-state index is 0.147. The summed E-state index contributed by atoms with van der Waals surface area (Å²) in [5, 5.41) is 2.66. The van der Waals surface area contributed by atoms with Crippen LogP contribution in [0.2, 0.25) is 0 Å². The number of aryl methyl sites for hydroxylation is 1. The molecule has 0 atom stereocenters. The fraction of sp³-hybridized carbons (Fsp3) is 0.333. The molecule has 0 bridgehead atoms. The van der Waals surface area contributed by atoms with E-state index in [-0.39, 0.29) is 11.5 Å². The number of carbonyl (C=O) groups is 2. The normalized spacial score (nSPS) is 14.2. The van der Waals surface area contributed by atoms with Crippen LogP contribution in [0.5, 0.6) is 0 Å². The molecule has 1 heterocycles. The van der Waals surface area contributed by atoms with Crippen LogP contribution in [0.4, 0.5) is 18.9 Å². The number of anilines is 1. The number of likely N-dealkylation sites (tertiary alicyclic amines) is 1. The van der Waals surface area contributed by atoms with E-state index >= 15 is 0 Å². The van der Waals surface area contributed by atoms with E-state index in [1.807, 2.05) is 17.0 Å². The standard InChI is InChI=1S/C21H21F3N2O2/c22-21(23,24)17-8-6-16(7-9-17)20(28)25-18-10-3-15(4-11-18)5-12-19(27)26-13-1-2-14-26/h3-4,6-11H,1-2,5,12-14H2,(H,25,28). The van der Waals surface area contributed by atoms with Gasteiger partial charge in [-0.05, 0) is 61.2 Å². The molecule has 1 aliphatic rings. The summed E-state index contributed by atoms with van der Waals surface area (Å²) in [4.78, 5) is 26.1. The van der Waals surface area contributed by atoms with Crippen LogP contribution in [-0.2, 0) is 17.4 Å². The molecule has 148 valence electrons. The van der Waals surface area contributed by atoms with Crippen LogP contribution in [0, 0.1) is 0 Å². The first-order chi connectivity index (χ1) is 13.3.